The number of aromatic nitrogens is 1. The smallest absolute Gasteiger partial charge is 0.228 e. The molecule has 0 spiro atoms. The van der Waals surface area contributed by atoms with Gasteiger partial charge in [-0.15, -0.1) is 0 Å². The van der Waals surface area contributed by atoms with Crippen LogP contribution in [0.15, 0.2) is 100 Å². The third-order valence-corrected chi connectivity index (χ3v) is 4.18. The monoisotopic (exact) mass is 358 g/mol. The third-order valence-electron chi connectivity index (χ3n) is 3.88. The Labute approximate surface area is 156 Å². The summed E-state index contributed by atoms with van der Waals surface area (Å²) in [5.41, 5.74) is 2.62. The van der Waals surface area contributed by atoms with E-state index in [2.05, 4.69) is 9.98 Å². The van der Waals surface area contributed by atoms with Crippen molar-refractivity contribution in [3.05, 3.63) is 96.6 Å². The summed E-state index contributed by atoms with van der Waals surface area (Å²) in [4.78, 5) is 9.11. The summed E-state index contributed by atoms with van der Waals surface area (Å²) in [6, 6.07) is 29.1. The fourth-order valence-corrected chi connectivity index (χ4v) is 2.81. The van der Waals surface area contributed by atoms with E-state index in [1.165, 1.54) is 0 Å². The van der Waals surface area contributed by atoms with Crippen molar-refractivity contribution in [3.63, 3.8) is 0 Å². The van der Waals surface area contributed by atoms with E-state index in [1.54, 1.807) is 0 Å². The van der Waals surface area contributed by atoms with Crippen LogP contribution in [0.3, 0.4) is 0 Å². The molecule has 0 saturated heterocycles. The molecule has 1 heterocycles. The minimum Gasteiger partial charge on any atom is -0.434 e. The lowest BCUT2D eigenvalue weighted by atomic mass is 10.2. The average Bonchev–Trinajstić information content (AvgIpc) is 3.14. The van der Waals surface area contributed by atoms with Crippen molar-refractivity contribution < 1.29 is 4.42 Å². The zero-order valence-electron chi connectivity index (χ0n) is 13.8. The topological polar surface area (TPSA) is 38.4 Å². The van der Waals surface area contributed by atoms with Gasteiger partial charge in [0.2, 0.25) is 11.7 Å². The second-order valence-corrected chi connectivity index (χ2v) is 6.03. The van der Waals surface area contributed by atoms with Crippen LogP contribution in [0.25, 0.3) is 22.8 Å². The van der Waals surface area contributed by atoms with Crippen LogP contribution in [0.2, 0.25) is 0 Å². The van der Waals surface area contributed by atoms with E-state index in [9.17, 15) is 0 Å². The molecule has 0 fully saturated rings. The number of nitrogens with zero attached hydrogens (tertiary/aromatic N) is 2. The normalized spacial score (nSPS) is 11.5. The Balaban J connectivity index is 1.83. The Kier molecular flexibility index (Phi) is 4.63. The molecule has 0 atom stereocenters. The Morgan fingerprint density at radius 3 is 1.88 bits per heavy atom. The summed E-state index contributed by atoms with van der Waals surface area (Å²) in [5, 5.41) is 0.371. The van der Waals surface area contributed by atoms with E-state index in [4.69, 9.17) is 16.0 Å². The minimum absolute atomic E-state index is 0.371. The predicted molar refractivity (Wildman–Crippen MR) is 106 cm³/mol. The predicted octanol–water partition coefficient (Wildman–Crippen LogP) is 6.33. The fourth-order valence-electron chi connectivity index (χ4n) is 2.60. The van der Waals surface area contributed by atoms with Crippen LogP contribution in [0.1, 0.15) is 5.56 Å². The van der Waals surface area contributed by atoms with Crippen LogP contribution in [-0.4, -0.2) is 10.2 Å². The molecular formula is C22H15ClN2O. The lowest BCUT2D eigenvalue weighted by Crippen LogP contribution is -1.89. The van der Waals surface area contributed by atoms with Gasteiger partial charge in [0, 0.05) is 16.7 Å². The van der Waals surface area contributed by atoms with Gasteiger partial charge >= 0.3 is 0 Å². The van der Waals surface area contributed by atoms with Crippen molar-refractivity contribution in [2.45, 2.75) is 0 Å². The van der Waals surface area contributed by atoms with Crippen LogP contribution >= 0.6 is 11.6 Å². The highest BCUT2D eigenvalue weighted by molar-refractivity contribution is 6.69. The number of benzene rings is 3. The van der Waals surface area contributed by atoms with Gasteiger partial charge in [-0.1, -0.05) is 90.5 Å². The van der Waals surface area contributed by atoms with Crippen molar-refractivity contribution >= 4 is 22.6 Å². The summed E-state index contributed by atoms with van der Waals surface area (Å²) >= 11 is 6.42. The van der Waals surface area contributed by atoms with Crippen molar-refractivity contribution in [3.8, 4) is 22.8 Å². The highest BCUT2D eigenvalue weighted by Crippen LogP contribution is 2.35. The maximum absolute atomic E-state index is 6.42. The Bertz CT molecular complexity index is 1030. The summed E-state index contributed by atoms with van der Waals surface area (Å²) in [6.45, 7) is 0. The van der Waals surface area contributed by atoms with Gasteiger partial charge in [-0.05, 0) is 12.1 Å². The van der Waals surface area contributed by atoms with E-state index in [0.29, 0.717) is 22.6 Å². The molecule has 0 N–H and O–H groups in total. The summed E-state index contributed by atoms with van der Waals surface area (Å²) in [5.74, 6) is 1.57. The van der Waals surface area contributed by atoms with Gasteiger partial charge in [0.25, 0.3) is 0 Å². The van der Waals surface area contributed by atoms with E-state index in [1.807, 2.05) is 91.0 Å². The quantitative estimate of drug-likeness (QED) is 0.400. The molecule has 26 heavy (non-hydrogen) atoms. The van der Waals surface area contributed by atoms with Crippen molar-refractivity contribution in [1.82, 2.24) is 4.98 Å². The summed E-state index contributed by atoms with van der Waals surface area (Å²) < 4.78 is 6.05. The Morgan fingerprint density at radius 2 is 1.27 bits per heavy atom. The SMILES string of the molecule is ClC(=Nc1nc(-c2ccccc2)oc1-c1ccccc1)c1ccccc1. The average molecular weight is 359 g/mol. The highest BCUT2D eigenvalue weighted by Gasteiger charge is 2.16. The molecule has 0 unspecified atom stereocenters. The first-order chi connectivity index (χ1) is 12.8. The molecule has 3 nitrogen and oxygen atoms in total. The molecule has 0 aliphatic carbocycles. The van der Waals surface area contributed by atoms with Crippen molar-refractivity contribution in [1.29, 1.82) is 0 Å². The molecule has 0 radical (unpaired) electrons. The maximum Gasteiger partial charge on any atom is 0.228 e. The lowest BCUT2D eigenvalue weighted by molar-refractivity contribution is 0.589. The molecule has 4 aromatic rings. The number of hydrogen-bond acceptors (Lipinski definition) is 3. The highest BCUT2D eigenvalue weighted by atomic mass is 35.5. The minimum atomic E-state index is 0.371. The van der Waals surface area contributed by atoms with Crippen LogP contribution < -0.4 is 0 Å². The molecule has 0 aliphatic rings. The fraction of sp³-hybridized carbons (Fsp3) is 0. The van der Waals surface area contributed by atoms with Gasteiger partial charge in [-0.3, -0.25) is 0 Å². The Hall–Kier alpha value is -3.17. The largest absolute Gasteiger partial charge is 0.434 e. The van der Waals surface area contributed by atoms with Crippen LogP contribution in [0, 0.1) is 0 Å². The third kappa shape index (κ3) is 3.44. The van der Waals surface area contributed by atoms with Crippen LogP contribution in [-0.2, 0) is 0 Å². The second-order valence-electron chi connectivity index (χ2n) is 5.67. The maximum atomic E-state index is 6.42. The number of halogens is 1. The molecule has 0 bridgehead atoms. The first-order valence-corrected chi connectivity index (χ1v) is 8.60. The lowest BCUT2D eigenvalue weighted by Gasteiger charge is -1.99. The zero-order valence-corrected chi connectivity index (χ0v) is 14.6. The molecule has 126 valence electrons. The number of aliphatic imine (C=N–C) groups is 1. The van der Waals surface area contributed by atoms with Crippen molar-refractivity contribution in [2.75, 3.05) is 0 Å². The molecule has 0 amide bonds. The molecule has 1 aromatic heterocycles. The number of hydrogen-bond donors (Lipinski definition) is 0. The van der Waals surface area contributed by atoms with Gasteiger partial charge in [0.05, 0.1) is 0 Å². The van der Waals surface area contributed by atoms with Crippen LogP contribution in [0.4, 0.5) is 5.82 Å². The molecular weight excluding hydrogens is 344 g/mol. The van der Waals surface area contributed by atoms with E-state index >= 15 is 0 Å². The Morgan fingerprint density at radius 1 is 0.731 bits per heavy atom. The first-order valence-electron chi connectivity index (χ1n) is 8.22. The molecule has 0 saturated carbocycles. The second kappa shape index (κ2) is 7.38. The molecule has 0 aliphatic heterocycles. The van der Waals surface area contributed by atoms with Crippen molar-refractivity contribution in [2.24, 2.45) is 4.99 Å². The first kappa shape index (κ1) is 16.3. The van der Waals surface area contributed by atoms with E-state index in [-0.39, 0.29) is 0 Å². The van der Waals surface area contributed by atoms with Gasteiger partial charge in [-0.2, -0.15) is 4.98 Å². The van der Waals surface area contributed by atoms with Gasteiger partial charge in [-0.25, -0.2) is 4.99 Å². The summed E-state index contributed by atoms with van der Waals surface area (Å²) in [6.07, 6.45) is 0. The number of oxazole rings is 1. The van der Waals surface area contributed by atoms with Gasteiger partial charge in [0.15, 0.2) is 5.76 Å². The van der Waals surface area contributed by atoms with Gasteiger partial charge in [0.1, 0.15) is 5.17 Å². The van der Waals surface area contributed by atoms with Crippen LogP contribution in [0.5, 0.6) is 0 Å². The molecule has 4 rings (SSSR count). The summed E-state index contributed by atoms with van der Waals surface area (Å²) in [7, 11) is 0. The van der Waals surface area contributed by atoms with Gasteiger partial charge < -0.3 is 4.42 Å². The molecule has 4 heteroatoms. The van der Waals surface area contributed by atoms with E-state index < -0.39 is 0 Å². The standard InChI is InChI=1S/C22H15ClN2O/c23-20(17-12-6-2-7-13-17)24-21-19(16-10-4-1-5-11-16)26-22(25-21)18-14-8-3-9-15-18/h1-15H. The molecule has 3 aromatic carbocycles. The number of rotatable bonds is 4. The van der Waals surface area contributed by atoms with E-state index in [0.717, 1.165) is 16.7 Å². The zero-order chi connectivity index (χ0) is 17.8.